The molecule has 0 radical (unpaired) electrons. The highest BCUT2D eigenvalue weighted by molar-refractivity contribution is 6.80. The predicted molar refractivity (Wildman–Crippen MR) is 125 cm³/mol. The van der Waals surface area contributed by atoms with Crippen molar-refractivity contribution in [3.63, 3.8) is 0 Å². The lowest BCUT2D eigenvalue weighted by Crippen LogP contribution is -2.40. The molecule has 0 saturated heterocycles. The number of allylic oxidation sites excluding steroid dienone is 6. The molecular weight excluding hydrogens is 346 g/mol. The zero-order valence-corrected chi connectivity index (χ0v) is 20.1. The second-order valence-electron chi connectivity index (χ2n) is 9.38. The van der Waals surface area contributed by atoms with Crippen molar-refractivity contribution in [1.29, 1.82) is 0 Å². The van der Waals surface area contributed by atoms with E-state index in [1.807, 2.05) is 0 Å². The SMILES string of the molecule is CC(C)=CCC/C(C)=C/CC/C(C)=C/CC[C@@](C)(/C=C/[Si](C)(C)C)NC=O. The highest BCUT2D eigenvalue weighted by Gasteiger charge is 2.20. The molecule has 1 N–H and O–H groups in total. The summed E-state index contributed by atoms with van der Waals surface area (Å²) in [6, 6.07) is 0. The van der Waals surface area contributed by atoms with Gasteiger partial charge >= 0.3 is 0 Å². The van der Waals surface area contributed by atoms with Crippen LogP contribution in [0.15, 0.2) is 46.7 Å². The Morgan fingerprint density at radius 1 is 0.889 bits per heavy atom. The lowest BCUT2D eigenvalue weighted by Gasteiger charge is -2.26. The molecule has 0 aromatic rings. The number of hydrogen-bond donors (Lipinski definition) is 1. The van der Waals surface area contributed by atoms with Crippen LogP contribution < -0.4 is 5.32 Å². The molecule has 0 aliphatic carbocycles. The minimum absolute atomic E-state index is 0.250. The van der Waals surface area contributed by atoms with E-state index in [0.717, 1.165) is 44.9 Å². The molecular formula is C24H43NOSi. The first-order valence-corrected chi connectivity index (χ1v) is 13.9. The monoisotopic (exact) mass is 389 g/mol. The highest BCUT2D eigenvalue weighted by Crippen LogP contribution is 2.18. The van der Waals surface area contributed by atoms with Gasteiger partial charge in [-0.25, -0.2) is 0 Å². The van der Waals surface area contributed by atoms with E-state index in [4.69, 9.17) is 0 Å². The molecule has 0 saturated carbocycles. The van der Waals surface area contributed by atoms with Gasteiger partial charge in [-0.2, -0.15) is 0 Å². The van der Waals surface area contributed by atoms with E-state index in [1.54, 1.807) is 0 Å². The number of hydrogen-bond acceptors (Lipinski definition) is 1. The third-order valence-electron chi connectivity index (χ3n) is 4.62. The molecule has 0 aliphatic heterocycles. The Balaban J connectivity index is 4.48. The van der Waals surface area contributed by atoms with Gasteiger partial charge in [-0.15, -0.1) is 0 Å². The van der Waals surface area contributed by atoms with Crippen LogP contribution in [0.3, 0.4) is 0 Å². The van der Waals surface area contributed by atoms with E-state index < -0.39 is 8.07 Å². The summed E-state index contributed by atoms with van der Waals surface area (Å²) >= 11 is 0. The maximum atomic E-state index is 11.0. The van der Waals surface area contributed by atoms with Gasteiger partial charge in [0.1, 0.15) is 0 Å². The quantitative estimate of drug-likeness (QED) is 0.203. The van der Waals surface area contributed by atoms with Gasteiger partial charge in [0.2, 0.25) is 6.41 Å². The van der Waals surface area contributed by atoms with E-state index >= 15 is 0 Å². The maximum absolute atomic E-state index is 11.0. The van der Waals surface area contributed by atoms with Gasteiger partial charge in [-0.1, -0.05) is 66.4 Å². The van der Waals surface area contributed by atoms with Gasteiger partial charge in [0.25, 0.3) is 0 Å². The summed E-state index contributed by atoms with van der Waals surface area (Å²) in [6.07, 6.45) is 16.5. The van der Waals surface area contributed by atoms with Crippen LogP contribution in [0.25, 0.3) is 0 Å². The van der Waals surface area contributed by atoms with Crippen molar-refractivity contribution >= 4 is 14.5 Å². The number of carbonyl (C=O) groups is 1. The molecule has 3 heteroatoms. The third-order valence-corrected chi connectivity index (χ3v) is 5.79. The molecule has 2 nitrogen and oxygen atoms in total. The van der Waals surface area contributed by atoms with E-state index in [-0.39, 0.29) is 5.54 Å². The zero-order valence-electron chi connectivity index (χ0n) is 19.1. The molecule has 1 atom stereocenters. The van der Waals surface area contributed by atoms with Gasteiger partial charge in [-0.05, 0) is 73.1 Å². The highest BCUT2D eigenvalue weighted by atomic mass is 28.3. The lowest BCUT2D eigenvalue weighted by molar-refractivity contribution is -0.110. The topological polar surface area (TPSA) is 29.1 Å². The fourth-order valence-corrected chi connectivity index (χ4v) is 3.60. The average Bonchev–Trinajstić information content (AvgIpc) is 2.52. The molecule has 0 unspecified atom stereocenters. The Morgan fingerprint density at radius 2 is 1.41 bits per heavy atom. The van der Waals surface area contributed by atoms with Crippen LogP contribution >= 0.6 is 0 Å². The summed E-state index contributed by atoms with van der Waals surface area (Å²) in [6.45, 7) is 17.8. The van der Waals surface area contributed by atoms with Gasteiger partial charge in [0, 0.05) is 0 Å². The molecule has 1 amide bonds. The summed E-state index contributed by atoms with van der Waals surface area (Å²) in [4.78, 5) is 11.0. The van der Waals surface area contributed by atoms with Gasteiger partial charge < -0.3 is 5.32 Å². The second-order valence-corrected chi connectivity index (χ2v) is 14.4. The minimum atomic E-state index is -1.26. The number of amides is 1. The van der Waals surface area contributed by atoms with E-state index in [0.29, 0.717) is 0 Å². The molecule has 0 heterocycles. The van der Waals surface area contributed by atoms with Gasteiger partial charge in [0.15, 0.2) is 0 Å². The summed E-state index contributed by atoms with van der Waals surface area (Å²) in [5.41, 5.74) is 6.39. The van der Waals surface area contributed by atoms with Crippen LogP contribution in [0.2, 0.25) is 19.6 Å². The van der Waals surface area contributed by atoms with Crippen LogP contribution in [0.5, 0.6) is 0 Å². The third kappa shape index (κ3) is 15.4. The lowest BCUT2D eigenvalue weighted by atomic mass is 9.95. The maximum Gasteiger partial charge on any atom is 0.207 e. The van der Waals surface area contributed by atoms with Crippen LogP contribution in [-0.2, 0) is 4.79 Å². The summed E-state index contributed by atoms with van der Waals surface area (Å²) in [5, 5.41) is 3.00. The first kappa shape index (κ1) is 25.6. The smallest absolute Gasteiger partial charge is 0.207 e. The van der Waals surface area contributed by atoms with Crippen molar-refractivity contribution in [3.8, 4) is 0 Å². The van der Waals surface area contributed by atoms with Crippen molar-refractivity contribution in [1.82, 2.24) is 5.32 Å². The van der Waals surface area contributed by atoms with E-state index in [1.165, 1.54) is 16.7 Å². The first-order valence-electron chi connectivity index (χ1n) is 10.3. The van der Waals surface area contributed by atoms with Gasteiger partial charge in [-0.3, -0.25) is 4.79 Å². The molecule has 0 fully saturated rings. The summed E-state index contributed by atoms with van der Waals surface area (Å²) < 4.78 is 0. The minimum Gasteiger partial charge on any atom is -0.350 e. The largest absolute Gasteiger partial charge is 0.350 e. The van der Waals surface area contributed by atoms with E-state index in [2.05, 4.69) is 89.6 Å². The number of nitrogens with one attached hydrogen (secondary N) is 1. The molecule has 0 spiro atoms. The molecule has 27 heavy (non-hydrogen) atoms. The van der Waals surface area contributed by atoms with Crippen LogP contribution in [0.1, 0.15) is 73.1 Å². The molecule has 0 rings (SSSR count). The normalized spacial score (nSPS) is 15.6. The summed E-state index contributed by atoms with van der Waals surface area (Å²) in [7, 11) is -1.26. The predicted octanol–water partition coefficient (Wildman–Crippen LogP) is 7.12. The van der Waals surface area contributed by atoms with Crippen molar-refractivity contribution in [2.45, 2.75) is 98.3 Å². The van der Waals surface area contributed by atoms with Crippen LogP contribution in [-0.4, -0.2) is 20.0 Å². The number of carbonyl (C=O) groups excluding carboxylic acids is 1. The Kier molecular flexibility index (Phi) is 12.3. The Bertz CT molecular complexity index is 559. The van der Waals surface area contributed by atoms with Crippen LogP contribution in [0, 0.1) is 0 Å². The second kappa shape index (κ2) is 12.9. The Labute approximate surface area is 169 Å². The summed E-state index contributed by atoms with van der Waals surface area (Å²) in [5.74, 6) is 0. The van der Waals surface area contributed by atoms with Crippen molar-refractivity contribution in [2.75, 3.05) is 0 Å². The van der Waals surface area contributed by atoms with Crippen molar-refractivity contribution < 1.29 is 4.79 Å². The Hall–Kier alpha value is -1.35. The fourth-order valence-electron chi connectivity index (χ4n) is 2.73. The fraction of sp³-hybridized carbons (Fsp3) is 0.625. The van der Waals surface area contributed by atoms with E-state index in [9.17, 15) is 4.79 Å². The first-order chi connectivity index (χ1) is 12.5. The van der Waals surface area contributed by atoms with Gasteiger partial charge in [0.05, 0.1) is 13.6 Å². The standard InChI is InChI=1S/C24H43NOSi/c1-21(2)12-9-13-22(3)14-10-15-23(4)16-11-17-24(5,25-20-26)18-19-27(6,7)8/h12,14,16,18-20H,9-11,13,15,17H2,1-8H3,(H,25,26)/b19-18+,22-14+,23-16+/t24-/m0/s1. The average molecular weight is 390 g/mol. The molecule has 0 bridgehead atoms. The molecule has 154 valence electrons. The molecule has 0 aromatic carbocycles. The number of rotatable bonds is 13. The molecule has 0 aliphatic rings. The zero-order chi connectivity index (χ0) is 20.9. The van der Waals surface area contributed by atoms with Crippen molar-refractivity contribution in [3.05, 3.63) is 46.7 Å². The molecule has 0 aromatic heterocycles. The van der Waals surface area contributed by atoms with Crippen molar-refractivity contribution in [2.24, 2.45) is 0 Å². The van der Waals surface area contributed by atoms with Crippen LogP contribution in [0.4, 0.5) is 0 Å². The Morgan fingerprint density at radius 3 is 1.89 bits per heavy atom.